The van der Waals surface area contributed by atoms with Crippen molar-refractivity contribution < 1.29 is 14.2 Å². The molecule has 2 saturated heterocycles. The molecule has 2 aromatic carbocycles. The van der Waals surface area contributed by atoms with Crippen LogP contribution >= 0.6 is 0 Å². The first-order chi connectivity index (χ1) is 23.0. The van der Waals surface area contributed by atoms with E-state index in [1.165, 1.54) is 10.9 Å². The first-order valence-corrected chi connectivity index (χ1v) is 16.0. The Kier molecular flexibility index (Phi) is 9.93. The van der Waals surface area contributed by atoms with Crippen molar-refractivity contribution >= 4 is 23.8 Å². The fourth-order valence-electron chi connectivity index (χ4n) is 5.78. The van der Waals surface area contributed by atoms with Crippen molar-refractivity contribution in [2.75, 3.05) is 55.7 Å². The van der Waals surface area contributed by atoms with Crippen molar-refractivity contribution in [3.05, 3.63) is 95.4 Å². The fraction of sp³-hybridized carbons (Fsp3) is 0.382. The summed E-state index contributed by atoms with van der Waals surface area (Å²) in [5, 5.41) is 15.4. The SMILES string of the molecule is CCC(C)n1ncn(-c2ccc(N3CCN(c4ccc(OC[C@@H]5CO[C@@](CN/N=C\C=N)(c6cccnc6)O5)cc4)CC3)cc2)c1=O. The number of anilines is 2. The van der Waals surface area contributed by atoms with Gasteiger partial charge < -0.3 is 34.8 Å². The van der Waals surface area contributed by atoms with Crippen LogP contribution in [0, 0.1) is 5.41 Å². The summed E-state index contributed by atoms with van der Waals surface area (Å²) in [6.07, 6.45) is 8.04. The average Bonchev–Trinajstić information content (AvgIpc) is 3.73. The lowest BCUT2D eigenvalue weighted by Crippen LogP contribution is -2.46. The Morgan fingerprint density at radius 3 is 2.38 bits per heavy atom. The van der Waals surface area contributed by atoms with Crippen LogP contribution in [0.15, 0.2) is 89.3 Å². The molecule has 4 heterocycles. The van der Waals surface area contributed by atoms with Crippen molar-refractivity contribution in [2.45, 2.75) is 38.2 Å². The van der Waals surface area contributed by atoms with E-state index in [1.807, 2.05) is 50.2 Å². The summed E-state index contributed by atoms with van der Waals surface area (Å²) in [5.74, 6) is -0.288. The first-order valence-electron chi connectivity index (χ1n) is 16.0. The van der Waals surface area contributed by atoms with Crippen LogP contribution in [0.5, 0.6) is 5.75 Å². The normalized spacial score (nSPS) is 20.4. The lowest BCUT2D eigenvalue weighted by atomic mass is 10.1. The molecule has 3 atom stereocenters. The molecule has 2 fully saturated rings. The number of piperazine rings is 1. The molecule has 0 bridgehead atoms. The zero-order valence-corrected chi connectivity index (χ0v) is 26.7. The number of nitrogens with zero attached hydrogens (tertiary/aromatic N) is 7. The van der Waals surface area contributed by atoms with E-state index >= 15 is 0 Å². The molecule has 0 aliphatic carbocycles. The minimum absolute atomic E-state index is 0.0674. The van der Waals surface area contributed by atoms with Gasteiger partial charge in [-0.3, -0.25) is 4.98 Å². The number of nitrogens with one attached hydrogen (secondary N) is 2. The highest BCUT2D eigenvalue weighted by atomic mass is 16.8. The van der Waals surface area contributed by atoms with Crippen LogP contribution in [0.2, 0.25) is 0 Å². The van der Waals surface area contributed by atoms with Crippen LogP contribution in [0.1, 0.15) is 31.9 Å². The Hall–Kier alpha value is -5.01. The highest BCUT2D eigenvalue weighted by molar-refractivity contribution is 6.14. The molecular formula is C34H41N9O4. The van der Waals surface area contributed by atoms with E-state index in [-0.39, 0.29) is 24.4 Å². The molecule has 0 amide bonds. The van der Waals surface area contributed by atoms with Crippen LogP contribution in [-0.2, 0) is 15.3 Å². The predicted molar refractivity (Wildman–Crippen MR) is 181 cm³/mol. The number of hydrazone groups is 1. The van der Waals surface area contributed by atoms with Gasteiger partial charge in [-0.05, 0) is 67.9 Å². The minimum Gasteiger partial charge on any atom is -0.491 e. The van der Waals surface area contributed by atoms with Crippen LogP contribution in [0.4, 0.5) is 11.4 Å². The summed E-state index contributed by atoms with van der Waals surface area (Å²) in [6.45, 7) is 8.57. The molecule has 2 aliphatic heterocycles. The second kappa shape index (κ2) is 14.6. The molecule has 2 aromatic heterocycles. The molecule has 47 heavy (non-hydrogen) atoms. The largest absolute Gasteiger partial charge is 0.491 e. The molecule has 2 aliphatic rings. The third kappa shape index (κ3) is 7.21. The number of aromatic nitrogens is 4. The summed E-state index contributed by atoms with van der Waals surface area (Å²) in [5.41, 5.74) is 6.68. The highest BCUT2D eigenvalue weighted by Gasteiger charge is 2.44. The second-order valence-corrected chi connectivity index (χ2v) is 11.6. The van der Waals surface area contributed by atoms with Gasteiger partial charge in [0.1, 0.15) is 24.8 Å². The maximum absolute atomic E-state index is 12.8. The number of hydrogen-bond acceptors (Lipinski definition) is 11. The monoisotopic (exact) mass is 639 g/mol. The second-order valence-electron chi connectivity index (χ2n) is 11.6. The number of hydrogen-bond donors (Lipinski definition) is 2. The molecule has 13 nitrogen and oxygen atoms in total. The smallest absolute Gasteiger partial charge is 0.350 e. The van der Waals surface area contributed by atoms with Gasteiger partial charge in [-0.25, -0.2) is 14.0 Å². The van der Waals surface area contributed by atoms with Gasteiger partial charge in [0.05, 0.1) is 31.1 Å². The molecule has 2 N–H and O–H groups in total. The standard InChI is InChI=1S/C34H41N9O4/c1-3-26(2)43-33(44)42(25-39-43)30-8-6-28(7-9-30)40-17-19-41(20-18-40)29-10-12-31(13-11-29)45-22-32-23-46-34(47-32,24-38-37-16-14-35)27-5-4-15-36-21-27/h4-16,21,25-26,32,35,38H,3,17-20,22-24H2,1-2H3/b35-14?,37-16-/t26?,32-,34-/m1/s1. The van der Waals surface area contributed by atoms with E-state index in [9.17, 15) is 4.79 Å². The number of pyridine rings is 1. The quantitative estimate of drug-likeness (QED) is 0.166. The van der Waals surface area contributed by atoms with Crippen LogP contribution < -0.4 is 25.7 Å². The van der Waals surface area contributed by atoms with E-state index < -0.39 is 5.79 Å². The fourth-order valence-corrected chi connectivity index (χ4v) is 5.78. The summed E-state index contributed by atoms with van der Waals surface area (Å²) < 4.78 is 21.7. The van der Waals surface area contributed by atoms with Gasteiger partial charge in [-0.2, -0.15) is 10.2 Å². The Labute approximate surface area is 273 Å². The zero-order valence-electron chi connectivity index (χ0n) is 26.7. The summed E-state index contributed by atoms with van der Waals surface area (Å²) >= 11 is 0. The molecule has 13 heteroatoms. The molecule has 246 valence electrons. The third-order valence-electron chi connectivity index (χ3n) is 8.63. The minimum atomic E-state index is -1.05. The Morgan fingerprint density at radius 2 is 1.74 bits per heavy atom. The molecule has 0 saturated carbocycles. The molecule has 4 aromatic rings. The topological polar surface area (TPSA) is 135 Å². The lowest BCUT2D eigenvalue weighted by molar-refractivity contribution is -0.176. The average molecular weight is 640 g/mol. The van der Waals surface area contributed by atoms with Gasteiger partial charge in [0.2, 0.25) is 5.79 Å². The van der Waals surface area contributed by atoms with Crippen LogP contribution in [-0.4, -0.2) is 83.8 Å². The van der Waals surface area contributed by atoms with Crippen molar-refractivity contribution in [2.24, 2.45) is 5.10 Å². The van der Waals surface area contributed by atoms with Crippen molar-refractivity contribution in [1.82, 2.24) is 24.8 Å². The maximum atomic E-state index is 12.8. The van der Waals surface area contributed by atoms with Gasteiger partial charge in [-0.1, -0.05) is 13.0 Å². The van der Waals surface area contributed by atoms with Crippen molar-refractivity contribution in [3.8, 4) is 11.4 Å². The molecule has 6 rings (SSSR count). The van der Waals surface area contributed by atoms with E-state index in [0.29, 0.717) is 13.2 Å². The molecular weight excluding hydrogens is 598 g/mol. The maximum Gasteiger partial charge on any atom is 0.350 e. The Bertz CT molecular complexity index is 1680. The van der Waals surface area contributed by atoms with Crippen molar-refractivity contribution in [3.63, 3.8) is 0 Å². The number of rotatable bonds is 13. The Balaban J connectivity index is 0.994. The van der Waals surface area contributed by atoms with Gasteiger partial charge >= 0.3 is 5.69 Å². The van der Waals surface area contributed by atoms with E-state index in [1.54, 1.807) is 23.3 Å². The summed E-state index contributed by atoms with van der Waals surface area (Å²) in [6, 6.07) is 20.1. The van der Waals surface area contributed by atoms with Gasteiger partial charge in [0.15, 0.2) is 0 Å². The Morgan fingerprint density at radius 1 is 1.06 bits per heavy atom. The molecule has 1 unspecified atom stereocenters. The van der Waals surface area contributed by atoms with Crippen LogP contribution in [0.25, 0.3) is 5.69 Å². The molecule has 0 spiro atoms. The van der Waals surface area contributed by atoms with Crippen LogP contribution in [0.3, 0.4) is 0 Å². The lowest BCUT2D eigenvalue weighted by Gasteiger charge is -2.37. The number of ether oxygens (including phenoxy) is 3. The van der Waals surface area contributed by atoms with E-state index in [2.05, 4.69) is 54.7 Å². The van der Waals surface area contributed by atoms with Gasteiger partial charge in [-0.15, -0.1) is 0 Å². The highest BCUT2D eigenvalue weighted by Crippen LogP contribution is 2.34. The summed E-state index contributed by atoms with van der Waals surface area (Å²) in [7, 11) is 0. The van der Waals surface area contributed by atoms with Crippen molar-refractivity contribution in [1.29, 1.82) is 5.41 Å². The number of benzene rings is 2. The third-order valence-corrected chi connectivity index (χ3v) is 8.63. The van der Waals surface area contributed by atoms with E-state index in [4.69, 9.17) is 19.6 Å². The van der Waals surface area contributed by atoms with E-state index in [0.717, 1.165) is 67.2 Å². The predicted octanol–water partition coefficient (Wildman–Crippen LogP) is 3.60. The zero-order chi connectivity index (χ0) is 32.6. The molecule has 0 radical (unpaired) electrons. The summed E-state index contributed by atoms with van der Waals surface area (Å²) in [4.78, 5) is 21.7. The van der Waals surface area contributed by atoms with Gasteiger partial charge in [0.25, 0.3) is 0 Å². The first kappa shape index (κ1) is 32.0. The van der Waals surface area contributed by atoms with Gasteiger partial charge in [0, 0.05) is 61.7 Å².